The molecule has 18 heavy (non-hydrogen) atoms. The number of rotatable bonds is 1. The maximum atomic E-state index is 5.81. The number of aryl methyl sites for hydroxylation is 2. The van der Waals surface area contributed by atoms with E-state index in [4.69, 9.17) is 5.73 Å². The summed E-state index contributed by atoms with van der Waals surface area (Å²) in [5.74, 6) is 0.455. The van der Waals surface area contributed by atoms with Crippen LogP contribution < -0.4 is 5.73 Å². The lowest BCUT2D eigenvalue weighted by Crippen LogP contribution is -2.01. The summed E-state index contributed by atoms with van der Waals surface area (Å²) in [5, 5.41) is 5.14. The largest absolute Gasteiger partial charge is 0.383 e. The van der Waals surface area contributed by atoms with Crippen LogP contribution in [0.5, 0.6) is 0 Å². The van der Waals surface area contributed by atoms with Gasteiger partial charge in [0.25, 0.3) is 0 Å². The van der Waals surface area contributed by atoms with Crippen LogP contribution in [-0.2, 0) is 0 Å². The fraction of sp³-hybridized carbons (Fsp3) is 0.154. The molecule has 0 fully saturated rings. The van der Waals surface area contributed by atoms with Crippen molar-refractivity contribution >= 4 is 16.9 Å². The van der Waals surface area contributed by atoms with Crippen LogP contribution in [0, 0.1) is 13.8 Å². The van der Waals surface area contributed by atoms with Gasteiger partial charge in [-0.3, -0.25) is 0 Å². The van der Waals surface area contributed by atoms with Gasteiger partial charge in [0, 0.05) is 0 Å². The molecule has 2 aromatic heterocycles. The van der Waals surface area contributed by atoms with Gasteiger partial charge in [-0.25, -0.2) is 14.6 Å². The highest BCUT2D eigenvalue weighted by molar-refractivity contribution is 5.85. The molecule has 0 unspecified atom stereocenters. The molecule has 0 radical (unpaired) electrons. The van der Waals surface area contributed by atoms with Crippen molar-refractivity contribution in [1.82, 2.24) is 19.7 Å². The van der Waals surface area contributed by atoms with Gasteiger partial charge >= 0.3 is 0 Å². The summed E-state index contributed by atoms with van der Waals surface area (Å²) in [4.78, 5) is 8.23. The second kappa shape index (κ2) is 3.80. The van der Waals surface area contributed by atoms with Crippen LogP contribution in [0.15, 0.2) is 30.7 Å². The maximum Gasteiger partial charge on any atom is 0.168 e. The molecule has 5 nitrogen and oxygen atoms in total. The average molecular weight is 239 g/mol. The molecule has 5 heteroatoms. The Morgan fingerprint density at radius 1 is 1.17 bits per heavy atom. The second-order valence-electron chi connectivity index (χ2n) is 4.34. The number of benzene rings is 1. The predicted molar refractivity (Wildman–Crippen MR) is 70.5 cm³/mol. The van der Waals surface area contributed by atoms with Crippen molar-refractivity contribution in [2.24, 2.45) is 0 Å². The lowest BCUT2D eigenvalue weighted by Gasteiger charge is -2.07. The molecule has 0 saturated heterocycles. The maximum absolute atomic E-state index is 5.81. The predicted octanol–water partition coefficient (Wildman–Crippen LogP) is 2.01. The minimum absolute atomic E-state index is 0.455. The Labute approximate surface area is 104 Å². The van der Waals surface area contributed by atoms with Gasteiger partial charge in [-0.05, 0) is 31.0 Å². The molecule has 2 N–H and O–H groups in total. The Kier molecular flexibility index (Phi) is 2.26. The fourth-order valence-corrected chi connectivity index (χ4v) is 1.99. The Hall–Kier alpha value is -2.43. The number of nitrogens with two attached hydrogens (primary N) is 1. The highest BCUT2D eigenvalue weighted by Crippen LogP contribution is 2.22. The molecule has 3 rings (SSSR count). The summed E-state index contributed by atoms with van der Waals surface area (Å²) in [6.45, 7) is 4.10. The zero-order valence-electron chi connectivity index (χ0n) is 10.3. The molecule has 0 aliphatic heterocycles. The molecule has 0 spiro atoms. The van der Waals surface area contributed by atoms with Crippen LogP contribution in [0.4, 0.5) is 5.82 Å². The summed E-state index contributed by atoms with van der Waals surface area (Å²) in [7, 11) is 0. The van der Waals surface area contributed by atoms with E-state index in [-0.39, 0.29) is 0 Å². The summed E-state index contributed by atoms with van der Waals surface area (Å²) >= 11 is 0. The lowest BCUT2D eigenvalue weighted by atomic mass is 10.1. The molecule has 0 aliphatic carbocycles. The van der Waals surface area contributed by atoms with Gasteiger partial charge in [-0.15, -0.1) is 0 Å². The quantitative estimate of drug-likeness (QED) is 0.705. The Morgan fingerprint density at radius 3 is 2.83 bits per heavy atom. The normalized spacial score (nSPS) is 11.0. The minimum Gasteiger partial charge on any atom is -0.383 e. The van der Waals surface area contributed by atoms with Gasteiger partial charge in [0.1, 0.15) is 12.1 Å². The molecule has 0 bridgehead atoms. The van der Waals surface area contributed by atoms with Crippen molar-refractivity contribution < 1.29 is 0 Å². The molecule has 0 aliphatic rings. The van der Waals surface area contributed by atoms with E-state index in [1.54, 1.807) is 10.9 Å². The standard InChI is InChI=1S/C13H13N5/c1-8-3-4-9(2)11(5-8)18-13-10(6-17-18)12(14)15-7-16-13/h3-7H,1-2H3,(H2,14,15,16). The topological polar surface area (TPSA) is 69.6 Å². The molecule has 3 aromatic rings. The van der Waals surface area contributed by atoms with Crippen LogP contribution in [0.1, 0.15) is 11.1 Å². The van der Waals surface area contributed by atoms with Crippen molar-refractivity contribution in [3.8, 4) is 5.69 Å². The number of anilines is 1. The first kappa shape index (κ1) is 10.7. The third kappa shape index (κ3) is 1.52. The average Bonchev–Trinajstić information content (AvgIpc) is 2.77. The minimum atomic E-state index is 0.455. The van der Waals surface area contributed by atoms with Gasteiger partial charge in [0.05, 0.1) is 17.3 Å². The first-order chi connectivity index (χ1) is 8.66. The van der Waals surface area contributed by atoms with Crippen LogP contribution in [0.2, 0.25) is 0 Å². The Bertz CT molecular complexity index is 729. The van der Waals surface area contributed by atoms with E-state index in [1.165, 1.54) is 11.9 Å². The van der Waals surface area contributed by atoms with Crippen molar-refractivity contribution in [3.05, 3.63) is 41.9 Å². The van der Waals surface area contributed by atoms with Gasteiger partial charge < -0.3 is 5.73 Å². The Balaban J connectivity index is 2.32. The van der Waals surface area contributed by atoms with Crippen molar-refractivity contribution in [3.63, 3.8) is 0 Å². The molecule has 90 valence electrons. The number of hydrogen-bond donors (Lipinski definition) is 1. The van der Waals surface area contributed by atoms with Crippen LogP contribution in [-0.4, -0.2) is 19.7 Å². The molecule has 1 aromatic carbocycles. The van der Waals surface area contributed by atoms with Crippen LogP contribution >= 0.6 is 0 Å². The van der Waals surface area contributed by atoms with E-state index in [1.807, 2.05) is 6.92 Å². The van der Waals surface area contributed by atoms with Gasteiger partial charge in [-0.1, -0.05) is 12.1 Å². The van der Waals surface area contributed by atoms with E-state index in [9.17, 15) is 0 Å². The van der Waals surface area contributed by atoms with Gasteiger partial charge in [0.15, 0.2) is 5.65 Å². The van der Waals surface area contributed by atoms with Crippen molar-refractivity contribution in [2.75, 3.05) is 5.73 Å². The van der Waals surface area contributed by atoms with E-state index >= 15 is 0 Å². The smallest absolute Gasteiger partial charge is 0.168 e. The highest BCUT2D eigenvalue weighted by Gasteiger charge is 2.10. The summed E-state index contributed by atoms with van der Waals surface area (Å²) < 4.78 is 1.80. The number of aromatic nitrogens is 4. The number of fused-ring (bicyclic) bond motifs is 1. The highest BCUT2D eigenvalue weighted by atomic mass is 15.3. The zero-order valence-corrected chi connectivity index (χ0v) is 10.3. The molecule has 2 heterocycles. The van der Waals surface area contributed by atoms with Crippen molar-refractivity contribution in [2.45, 2.75) is 13.8 Å². The van der Waals surface area contributed by atoms with Crippen LogP contribution in [0.3, 0.4) is 0 Å². The number of hydrogen-bond acceptors (Lipinski definition) is 4. The summed E-state index contributed by atoms with van der Waals surface area (Å²) in [6, 6.07) is 6.23. The number of nitrogens with zero attached hydrogens (tertiary/aromatic N) is 4. The molecular formula is C13H13N5. The monoisotopic (exact) mass is 239 g/mol. The molecule has 0 atom stereocenters. The van der Waals surface area contributed by atoms with E-state index in [2.05, 4.69) is 40.2 Å². The second-order valence-corrected chi connectivity index (χ2v) is 4.34. The van der Waals surface area contributed by atoms with E-state index in [0.717, 1.165) is 22.3 Å². The fourth-order valence-electron chi connectivity index (χ4n) is 1.99. The number of nitrogen functional groups attached to an aromatic ring is 1. The molecule has 0 saturated carbocycles. The first-order valence-corrected chi connectivity index (χ1v) is 5.68. The third-order valence-electron chi connectivity index (χ3n) is 2.99. The summed E-state index contributed by atoms with van der Waals surface area (Å²) in [5.41, 5.74) is 9.88. The zero-order chi connectivity index (χ0) is 12.7. The van der Waals surface area contributed by atoms with E-state index < -0.39 is 0 Å². The van der Waals surface area contributed by atoms with Gasteiger partial charge in [0.2, 0.25) is 0 Å². The lowest BCUT2D eigenvalue weighted by molar-refractivity contribution is 0.886. The van der Waals surface area contributed by atoms with E-state index in [0.29, 0.717) is 5.82 Å². The van der Waals surface area contributed by atoms with Crippen molar-refractivity contribution in [1.29, 1.82) is 0 Å². The SMILES string of the molecule is Cc1ccc(C)c(-n2ncc3c(N)ncnc32)c1. The summed E-state index contributed by atoms with van der Waals surface area (Å²) in [6.07, 6.45) is 3.16. The van der Waals surface area contributed by atoms with Gasteiger partial charge in [-0.2, -0.15) is 5.10 Å². The molecule has 0 amide bonds. The van der Waals surface area contributed by atoms with Crippen LogP contribution in [0.25, 0.3) is 16.7 Å². The first-order valence-electron chi connectivity index (χ1n) is 5.68. The molecular weight excluding hydrogens is 226 g/mol. The third-order valence-corrected chi connectivity index (χ3v) is 2.99. The Morgan fingerprint density at radius 2 is 2.00 bits per heavy atom.